The second-order valence-corrected chi connectivity index (χ2v) is 5.84. The molecule has 3 N–H and O–H groups in total. The Hall–Kier alpha value is -1.88. The number of aliphatic hydroxyl groups is 1. The zero-order chi connectivity index (χ0) is 15.4. The Balaban J connectivity index is 1.94. The van der Waals surface area contributed by atoms with Crippen molar-refractivity contribution in [3.63, 3.8) is 0 Å². The Morgan fingerprint density at radius 1 is 1.43 bits per heavy atom. The van der Waals surface area contributed by atoms with E-state index in [4.69, 9.17) is 0 Å². The number of benzene rings is 1. The maximum absolute atomic E-state index is 12.0. The van der Waals surface area contributed by atoms with Crippen molar-refractivity contribution in [3.05, 3.63) is 29.6 Å². The van der Waals surface area contributed by atoms with Gasteiger partial charge in [0.1, 0.15) is 5.82 Å². The number of hydrogen-bond donors (Lipinski definition) is 3. The number of fused-ring (bicyclic) bond motifs is 1. The summed E-state index contributed by atoms with van der Waals surface area (Å²) in [5, 5.41) is 12.1. The number of aromatic amines is 1. The van der Waals surface area contributed by atoms with Crippen LogP contribution in [0.4, 0.5) is 0 Å². The molecule has 0 unspecified atom stereocenters. The van der Waals surface area contributed by atoms with Crippen molar-refractivity contribution < 1.29 is 9.90 Å². The molecule has 2 rings (SSSR count). The van der Waals surface area contributed by atoms with Crippen LogP contribution in [0.5, 0.6) is 0 Å². The first-order valence-corrected chi connectivity index (χ1v) is 7.32. The zero-order valence-corrected chi connectivity index (χ0v) is 12.8. The Morgan fingerprint density at radius 3 is 2.86 bits per heavy atom. The van der Waals surface area contributed by atoms with Crippen LogP contribution in [-0.4, -0.2) is 34.1 Å². The van der Waals surface area contributed by atoms with E-state index in [0.717, 1.165) is 22.4 Å². The molecule has 5 nitrogen and oxygen atoms in total. The number of aryl methyl sites for hydroxylation is 1. The molecule has 21 heavy (non-hydrogen) atoms. The van der Waals surface area contributed by atoms with Gasteiger partial charge in [0.2, 0.25) is 5.91 Å². The summed E-state index contributed by atoms with van der Waals surface area (Å²) < 4.78 is 0. The molecule has 0 fully saturated rings. The third-order valence-corrected chi connectivity index (χ3v) is 3.77. The fourth-order valence-corrected chi connectivity index (χ4v) is 2.30. The molecule has 1 heterocycles. The molecule has 0 saturated carbocycles. The average Bonchev–Trinajstić information content (AvgIpc) is 2.78. The van der Waals surface area contributed by atoms with E-state index in [1.54, 1.807) is 0 Å². The monoisotopic (exact) mass is 289 g/mol. The van der Waals surface area contributed by atoms with Crippen LogP contribution in [0.2, 0.25) is 0 Å². The van der Waals surface area contributed by atoms with Gasteiger partial charge in [-0.15, -0.1) is 0 Å². The third-order valence-electron chi connectivity index (χ3n) is 3.77. The predicted octanol–water partition coefficient (Wildman–Crippen LogP) is 1.79. The fourth-order valence-electron chi connectivity index (χ4n) is 2.30. The van der Waals surface area contributed by atoms with Crippen LogP contribution in [0.15, 0.2) is 18.2 Å². The van der Waals surface area contributed by atoms with Crippen molar-refractivity contribution in [2.24, 2.45) is 11.8 Å². The van der Waals surface area contributed by atoms with Gasteiger partial charge in [0.15, 0.2) is 0 Å². The van der Waals surface area contributed by atoms with E-state index in [1.807, 2.05) is 39.0 Å². The van der Waals surface area contributed by atoms with Crippen molar-refractivity contribution >= 4 is 16.9 Å². The maximum Gasteiger partial charge on any atom is 0.224 e. The number of amides is 1. The van der Waals surface area contributed by atoms with E-state index in [2.05, 4.69) is 15.3 Å². The summed E-state index contributed by atoms with van der Waals surface area (Å²) in [4.78, 5) is 19.5. The largest absolute Gasteiger partial charge is 0.396 e. The molecule has 1 atom stereocenters. The van der Waals surface area contributed by atoms with Crippen LogP contribution >= 0.6 is 0 Å². The lowest BCUT2D eigenvalue weighted by Gasteiger charge is -2.18. The molecule has 2 aromatic rings. The van der Waals surface area contributed by atoms with Gasteiger partial charge in [-0.2, -0.15) is 0 Å². The highest BCUT2D eigenvalue weighted by atomic mass is 16.3. The fraction of sp³-hybridized carbons (Fsp3) is 0.500. The van der Waals surface area contributed by atoms with E-state index in [0.29, 0.717) is 18.9 Å². The Labute approximate surface area is 124 Å². The number of aromatic nitrogens is 2. The SMILES string of the molecule is Cc1nc2ccc(CC(=O)NC[C@H](CO)C(C)C)cc2[nH]1. The van der Waals surface area contributed by atoms with Crippen molar-refractivity contribution in [2.75, 3.05) is 13.2 Å². The molecular formula is C16H23N3O2. The summed E-state index contributed by atoms with van der Waals surface area (Å²) in [6, 6.07) is 5.81. The number of nitrogens with one attached hydrogen (secondary N) is 2. The number of hydrogen-bond acceptors (Lipinski definition) is 3. The molecule has 0 bridgehead atoms. The van der Waals surface area contributed by atoms with Gasteiger partial charge in [0, 0.05) is 19.1 Å². The minimum Gasteiger partial charge on any atom is -0.396 e. The number of H-pyrrole nitrogens is 1. The summed E-state index contributed by atoms with van der Waals surface area (Å²) in [7, 11) is 0. The van der Waals surface area contributed by atoms with E-state index in [9.17, 15) is 9.90 Å². The first-order valence-electron chi connectivity index (χ1n) is 7.32. The lowest BCUT2D eigenvalue weighted by Crippen LogP contribution is -2.34. The predicted molar refractivity (Wildman–Crippen MR) is 83.0 cm³/mol. The van der Waals surface area contributed by atoms with Gasteiger partial charge >= 0.3 is 0 Å². The van der Waals surface area contributed by atoms with Gasteiger partial charge in [-0.05, 0) is 30.5 Å². The molecule has 1 amide bonds. The molecular weight excluding hydrogens is 266 g/mol. The number of nitrogens with zero attached hydrogens (tertiary/aromatic N) is 1. The standard InChI is InChI=1S/C16H23N3O2/c1-10(2)13(9-20)8-17-16(21)7-12-4-5-14-15(6-12)19-11(3)18-14/h4-6,10,13,20H,7-9H2,1-3H3,(H,17,21)(H,18,19)/t13-/m1/s1. The number of carbonyl (C=O) groups excluding carboxylic acids is 1. The topological polar surface area (TPSA) is 78.0 Å². The van der Waals surface area contributed by atoms with E-state index < -0.39 is 0 Å². The van der Waals surface area contributed by atoms with Crippen LogP contribution in [0.1, 0.15) is 25.2 Å². The van der Waals surface area contributed by atoms with E-state index in [1.165, 1.54) is 0 Å². The van der Waals surface area contributed by atoms with Crippen molar-refractivity contribution in [1.29, 1.82) is 0 Å². The Bertz CT molecular complexity index is 619. The lowest BCUT2D eigenvalue weighted by molar-refractivity contribution is -0.120. The lowest BCUT2D eigenvalue weighted by atomic mass is 9.97. The van der Waals surface area contributed by atoms with Gasteiger partial charge in [-0.1, -0.05) is 19.9 Å². The van der Waals surface area contributed by atoms with Crippen LogP contribution in [0.3, 0.4) is 0 Å². The normalized spacial score (nSPS) is 12.8. The van der Waals surface area contributed by atoms with Gasteiger partial charge in [0.25, 0.3) is 0 Å². The summed E-state index contributed by atoms with van der Waals surface area (Å²) in [6.45, 7) is 6.60. The molecule has 114 valence electrons. The summed E-state index contributed by atoms with van der Waals surface area (Å²) >= 11 is 0. The molecule has 1 aromatic heterocycles. The quantitative estimate of drug-likeness (QED) is 0.758. The molecule has 0 spiro atoms. The van der Waals surface area contributed by atoms with E-state index >= 15 is 0 Å². The van der Waals surface area contributed by atoms with E-state index in [-0.39, 0.29) is 18.4 Å². The molecule has 1 aromatic carbocycles. The molecule has 0 aliphatic carbocycles. The first-order chi connectivity index (χ1) is 9.99. The molecule has 5 heteroatoms. The minimum atomic E-state index is -0.0234. The molecule has 0 aliphatic heterocycles. The smallest absolute Gasteiger partial charge is 0.224 e. The van der Waals surface area contributed by atoms with Crippen LogP contribution in [0, 0.1) is 18.8 Å². The van der Waals surface area contributed by atoms with Crippen LogP contribution < -0.4 is 5.32 Å². The Kier molecular flexibility index (Phi) is 4.96. The van der Waals surface area contributed by atoms with Crippen molar-refractivity contribution in [2.45, 2.75) is 27.2 Å². The average molecular weight is 289 g/mol. The van der Waals surface area contributed by atoms with Crippen LogP contribution in [0.25, 0.3) is 11.0 Å². The van der Waals surface area contributed by atoms with Gasteiger partial charge < -0.3 is 15.4 Å². The number of rotatable bonds is 6. The van der Waals surface area contributed by atoms with Gasteiger partial charge in [-0.3, -0.25) is 4.79 Å². The van der Waals surface area contributed by atoms with Crippen molar-refractivity contribution in [1.82, 2.24) is 15.3 Å². The molecule has 0 radical (unpaired) electrons. The number of carbonyl (C=O) groups is 1. The summed E-state index contributed by atoms with van der Waals surface area (Å²) in [6.07, 6.45) is 0.338. The van der Waals surface area contributed by atoms with Gasteiger partial charge in [-0.25, -0.2) is 4.98 Å². The van der Waals surface area contributed by atoms with Crippen LogP contribution in [-0.2, 0) is 11.2 Å². The summed E-state index contributed by atoms with van der Waals surface area (Å²) in [5.41, 5.74) is 2.82. The zero-order valence-electron chi connectivity index (χ0n) is 12.8. The molecule has 0 aliphatic rings. The minimum absolute atomic E-state index is 0.0234. The second kappa shape index (κ2) is 6.72. The highest BCUT2D eigenvalue weighted by Crippen LogP contribution is 2.14. The number of imidazole rings is 1. The van der Waals surface area contributed by atoms with Gasteiger partial charge in [0.05, 0.1) is 17.5 Å². The highest BCUT2D eigenvalue weighted by Gasteiger charge is 2.13. The highest BCUT2D eigenvalue weighted by molar-refractivity contribution is 5.81. The Morgan fingerprint density at radius 2 is 2.19 bits per heavy atom. The first kappa shape index (κ1) is 15.5. The summed E-state index contributed by atoms with van der Waals surface area (Å²) in [5.74, 6) is 1.30. The third kappa shape index (κ3) is 4.04. The second-order valence-electron chi connectivity index (χ2n) is 5.84. The molecule has 0 saturated heterocycles. The number of aliphatic hydroxyl groups excluding tert-OH is 1. The maximum atomic E-state index is 12.0. The van der Waals surface area contributed by atoms with Crippen molar-refractivity contribution in [3.8, 4) is 0 Å².